The highest BCUT2D eigenvalue weighted by atomic mass is 32.2. The van der Waals surface area contributed by atoms with Crippen LogP contribution in [0.5, 0.6) is 0 Å². The highest BCUT2D eigenvalue weighted by Gasteiger charge is 2.20. The Morgan fingerprint density at radius 2 is 1.70 bits per heavy atom. The van der Waals surface area contributed by atoms with E-state index in [1.165, 1.54) is 41.6 Å². The highest BCUT2D eigenvalue weighted by molar-refractivity contribution is 8.00. The zero-order valence-electron chi connectivity index (χ0n) is 16.7. The summed E-state index contributed by atoms with van der Waals surface area (Å²) in [5, 5.41) is 19.6. The van der Waals surface area contributed by atoms with E-state index in [1.54, 1.807) is 11.6 Å². The number of carbonyl (C=O) groups excluding carboxylic acids is 1. The number of sulfonamides is 1. The maximum Gasteiger partial charge on any atom is 0.238 e. The molecule has 0 radical (unpaired) electrons. The maximum atomic E-state index is 12.5. The molecule has 0 aliphatic heterocycles. The second-order valence-corrected chi connectivity index (χ2v) is 9.81. The van der Waals surface area contributed by atoms with E-state index in [9.17, 15) is 13.2 Å². The van der Waals surface area contributed by atoms with E-state index in [-0.39, 0.29) is 10.8 Å². The molecule has 3 rings (SSSR count). The van der Waals surface area contributed by atoms with Gasteiger partial charge in [-0.3, -0.25) is 4.79 Å². The third-order valence-electron chi connectivity index (χ3n) is 4.35. The number of aromatic nitrogens is 4. The first-order valence-electron chi connectivity index (χ1n) is 9.14. The van der Waals surface area contributed by atoms with Gasteiger partial charge in [0.05, 0.1) is 15.8 Å². The molecule has 0 aliphatic carbocycles. The monoisotopic (exact) mass is 446 g/mol. The Labute approximate surface area is 179 Å². The number of tetrazole rings is 1. The zero-order valence-corrected chi connectivity index (χ0v) is 18.3. The van der Waals surface area contributed by atoms with Crippen LogP contribution in [0.15, 0.2) is 58.6 Å². The third kappa shape index (κ3) is 5.23. The van der Waals surface area contributed by atoms with Gasteiger partial charge < -0.3 is 5.32 Å². The summed E-state index contributed by atoms with van der Waals surface area (Å²) in [6, 6.07) is 13.6. The Hall–Kier alpha value is -2.76. The molecule has 30 heavy (non-hydrogen) atoms. The molecule has 0 fully saturated rings. The van der Waals surface area contributed by atoms with Crippen molar-refractivity contribution in [3.05, 3.63) is 54.1 Å². The maximum absolute atomic E-state index is 12.5. The molecule has 158 valence electrons. The smallest absolute Gasteiger partial charge is 0.238 e. The first kappa shape index (κ1) is 21.9. The van der Waals surface area contributed by atoms with Crippen molar-refractivity contribution in [2.75, 3.05) is 5.32 Å². The molecule has 0 spiro atoms. The lowest BCUT2D eigenvalue weighted by Crippen LogP contribution is -2.23. The Morgan fingerprint density at radius 1 is 1.07 bits per heavy atom. The van der Waals surface area contributed by atoms with Gasteiger partial charge in [-0.2, -0.15) is 4.68 Å². The summed E-state index contributed by atoms with van der Waals surface area (Å²) in [5.41, 5.74) is 2.48. The number of nitrogens with zero attached hydrogens (tertiary/aromatic N) is 4. The minimum atomic E-state index is -3.78. The van der Waals surface area contributed by atoms with Crippen LogP contribution in [0.2, 0.25) is 0 Å². The average molecular weight is 447 g/mol. The van der Waals surface area contributed by atoms with Crippen molar-refractivity contribution in [1.29, 1.82) is 0 Å². The van der Waals surface area contributed by atoms with Gasteiger partial charge in [-0.25, -0.2) is 13.6 Å². The predicted octanol–water partition coefficient (Wildman–Crippen LogP) is 2.55. The van der Waals surface area contributed by atoms with Crippen molar-refractivity contribution in [2.45, 2.75) is 42.0 Å². The van der Waals surface area contributed by atoms with Crippen LogP contribution >= 0.6 is 11.8 Å². The van der Waals surface area contributed by atoms with Gasteiger partial charge in [0.2, 0.25) is 21.1 Å². The quantitative estimate of drug-likeness (QED) is 0.533. The summed E-state index contributed by atoms with van der Waals surface area (Å²) < 4.78 is 24.2. The first-order chi connectivity index (χ1) is 14.1. The summed E-state index contributed by atoms with van der Waals surface area (Å²) >= 11 is 1.22. The lowest BCUT2D eigenvalue weighted by atomic mass is 10.0. The topological polar surface area (TPSA) is 133 Å². The lowest BCUT2D eigenvalue weighted by Gasteiger charge is -2.12. The van der Waals surface area contributed by atoms with E-state index in [4.69, 9.17) is 5.14 Å². The van der Waals surface area contributed by atoms with E-state index in [0.717, 1.165) is 5.69 Å². The Morgan fingerprint density at radius 3 is 2.27 bits per heavy atom. The number of primary sulfonamides is 1. The Kier molecular flexibility index (Phi) is 6.54. The van der Waals surface area contributed by atoms with Crippen molar-refractivity contribution in [1.82, 2.24) is 20.2 Å². The van der Waals surface area contributed by atoms with E-state index in [2.05, 4.69) is 34.7 Å². The van der Waals surface area contributed by atoms with Gasteiger partial charge in [0.15, 0.2) is 0 Å². The van der Waals surface area contributed by atoms with Crippen LogP contribution in [0.25, 0.3) is 5.69 Å². The largest absolute Gasteiger partial charge is 0.325 e. The normalized spacial score (nSPS) is 12.7. The molecule has 11 heteroatoms. The molecule has 0 unspecified atom stereocenters. The van der Waals surface area contributed by atoms with Gasteiger partial charge in [-0.05, 0) is 65.2 Å². The molecule has 9 nitrogen and oxygen atoms in total. The van der Waals surface area contributed by atoms with Gasteiger partial charge in [0.25, 0.3) is 0 Å². The average Bonchev–Trinajstić information content (AvgIpc) is 3.15. The summed E-state index contributed by atoms with van der Waals surface area (Å²) in [6.45, 7) is 5.98. The van der Waals surface area contributed by atoms with Gasteiger partial charge in [-0.15, -0.1) is 5.10 Å². The number of benzene rings is 2. The molecule has 1 aromatic heterocycles. The van der Waals surface area contributed by atoms with E-state index in [0.29, 0.717) is 16.8 Å². The Bertz CT molecular complexity index is 1130. The molecular weight excluding hydrogens is 424 g/mol. The zero-order chi connectivity index (χ0) is 21.9. The van der Waals surface area contributed by atoms with Gasteiger partial charge in [-0.1, -0.05) is 37.7 Å². The minimum Gasteiger partial charge on any atom is -0.325 e. The number of nitrogens with one attached hydrogen (secondary N) is 1. The second-order valence-electron chi connectivity index (χ2n) is 6.94. The van der Waals surface area contributed by atoms with Crippen LogP contribution in [0, 0.1) is 0 Å². The fourth-order valence-electron chi connectivity index (χ4n) is 2.60. The number of amides is 1. The number of hydrogen-bond acceptors (Lipinski definition) is 7. The number of hydrogen-bond donors (Lipinski definition) is 2. The standard InChI is InChI=1S/C19H22N6O3S2/c1-12(2)14-4-8-16(9-5-14)25-19(22-23-24-25)29-13(3)18(26)21-15-6-10-17(11-7-15)30(20,27)28/h4-13H,1-3H3,(H,21,26)(H2,20,27,28)/t13-/m0/s1. The first-order valence-corrected chi connectivity index (χ1v) is 11.6. The molecule has 1 amide bonds. The summed E-state index contributed by atoms with van der Waals surface area (Å²) in [4.78, 5) is 12.5. The van der Waals surface area contributed by atoms with Gasteiger partial charge in [0.1, 0.15) is 0 Å². The molecular formula is C19H22N6O3S2. The molecule has 3 N–H and O–H groups in total. The number of thioether (sulfide) groups is 1. The van der Waals surface area contributed by atoms with E-state index >= 15 is 0 Å². The second kappa shape index (κ2) is 8.94. The van der Waals surface area contributed by atoms with Crippen LogP contribution in [0.3, 0.4) is 0 Å². The Balaban J connectivity index is 1.68. The van der Waals surface area contributed by atoms with Gasteiger partial charge in [0, 0.05) is 5.69 Å². The summed E-state index contributed by atoms with van der Waals surface area (Å²) in [6.07, 6.45) is 0. The highest BCUT2D eigenvalue weighted by Crippen LogP contribution is 2.25. The number of rotatable bonds is 7. The minimum absolute atomic E-state index is 0.0226. The van der Waals surface area contributed by atoms with Crippen LogP contribution in [-0.2, 0) is 14.8 Å². The predicted molar refractivity (Wildman–Crippen MR) is 115 cm³/mol. The van der Waals surface area contributed by atoms with Crippen molar-refractivity contribution in [3.8, 4) is 5.69 Å². The summed E-state index contributed by atoms with van der Waals surface area (Å²) in [5.74, 6) is 0.151. The van der Waals surface area contributed by atoms with Gasteiger partial charge >= 0.3 is 0 Å². The number of carbonyl (C=O) groups is 1. The molecule has 0 saturated heterocycles. The van der Waals surface area contributed by atoms with Crippen LogP contribution in [0.4, 0.5) is 5.69 Å². The van der Waals surface area contributed by atoms with E-state index in [1.807, 2.05) is 24.3 Å². The van der Waals surface area contributed by atoms with Crippen LogP contribution in [-0.4, -0.2) is 39.8 Å². The molecule has 3 aromatic rings. The van der Waals surface area contributed by atoms with Crippen molar-refractivity contribution in [2.24, 2.45) is 5.14 Å². The molecule has 2 aromatic carbocycles. The number of nitrogens with two attached hydrogens (primary N) is 1. The molecule has 1 atom stereocenters. The molecule has 0 bridgehead atoms. The molecule has 0 saturated carbocycles. The van der Waals surface area contributed by atoms with Crippen molar-refractivity contribution >= 4 is 33.4 Å². The van der Waals surface area contributed by atoms with Crippen molar-refractivity contribution < 1.29 is 13.2 Å². The van der Waals surface area contributed by atoms with Crippen molar-refractivity contribution in [3.63, 3.8) is 0 Å². The van der Waals surface area contributed by atoms with E-state index < -0.39 is 15.3 Å². The lowest BCUT2D eigenvalue weighted by molar-refractivity contribution is -0.115. The van der Waals surface area contributed by atoms with Crippen LogP contribution in [0.1, 0.15) is 32.3 Å². The fraction of sp³-hybridized carbons (Fsp3) is 0.263. The number of anilines is 1. The summed E-state index contributed by atoms with van der Waals surface area (Å²) in [7, 11) is -3.78. The fourth-order valence-corrected chi connectivity index (χ4v) is 3.92. The SMILES string of the molecule is CC(C)c1ccc(-n2nnnc2S[C@@H](C)C(=O)Nc2ccc(S(N)(=O)=O)cc2)cc1. The third-order valence-corrected chi connectivity index (χ3v) is 6.31. The molecule has 1 heterocycles. The molecule has 0 aliphatic rings. The van der Waals surface area contributed by atoms with Crippen LogP contribution < -0.4 is 10.5 Å².